The van der Waals surface area contributed by atoms with Crippen LogP contribution in [-0.4, -0.2) is 31.9 Å². The zero-order valence-electron chi connectivity index (χ0n) is 7.41. The predicted molar refractivity (Wildman–Crippen MR) is 42.2 cm³/mol. The third-order valence-electron chi connectivity index (χ3n) is 1.09. The van der Waals surface area contributed by atoms with Crippen molar-refractivity contribution in [3.63, 3.8) is 0 Å². The maximum Gasteiger partial charge on any atom is 0.334 e. The van der Waals surface area contributed by atoms with Gasteiger partial charge in [0.1, 0.15) is 6.10 Å². The van der Waals surface area contributed by atoms with Crippen LogP contribution in [0.5, 0.6) is 0 Å². The van der Waals surface area contributed by atoms with Crippen LogP contribution >= 0.6 is 0 Å². The Morgan fingerprint density at radius 1 is 1.58 bits per heavy atom. The van der Waals surface area contributed by atoms with E-state index in [4.69, 9.17) is 9.47 Å². The Bertz CT molecular complexity index is 129. The van der Waals surface area contributed by atoms with Crippen molar-refractivity contribution in [3.8, 4) is 0 Å². The highest BCUT2D eigenvalue weighted by Crippen LogP contribution is 1.92. The molecule has 0 heterocycles. The van der Waals surface area contributed by atoms with Crippen LogP contribution in [-0.2, 0) is 19.1 Å². The summed E-state index contributed by atoms with van der Waals surface area (Å²) in [6.07, 6.45) is -0.257. The number of hydrogen-bond donors (Lipinski definition) is 1. The molecule has 0 fully saturated rings. The lowest BCUT2D eigenvalue weighted by Gasteiger charge is -2.11. The minimum atomic E-state index is -0.482. The van der Waals surface area contributed by atoms with Gasteiger partial charge in [0, 0.05) is 6.61 Å². The Kier molecular flexibility index (Phi) is 6.64. The molecule has 0 radical (unpaired) electrons. The van der Waals surface area contributed by atoms with E-state index in [1.807, 2.05) is 6.92 Å². The number of carbonyl (C=O) groups excluding carboxylic acids is 1. The molecular weight excluding hydrogens is 162 g/mol. The van der Waals surface area contributed by atoms with Gasteiger partial charge in [0.2, 0.25) is 0 Å². The van der Waals surface area contributed by atoms with E-state index in [9.17, 15) is 4.79 Å². The SMILES string of the molecule is CCOCC(C)OC(=O)CON. The second-order valence-corrected chi connectivity index (χ2v) is 2.27. The van der Waals surface area contributed by atoms with Gasteiger partial charge in [0.05, 0.1) is 6.61 Å². The van der Waals surface area contributed by atoms with Gasteiger partial charge in [0.15, 0.2) is 6.61 Å². The molecule has 5 heteroatoms. The topological polar surface area (TPSA) is 70.8 Å². The van der Waals surface area contributed by atoms with Gasteiger partial charge < -0.3 is 9.47 Å². The standard InChI is InChI=1S/C7H15NO4/c1-3-10-4-6(2)12-7(9)5-11-8/h6H,3-5,8H2,1-2H3. The number of esters is 1. The van der Waals surface area contributed by atoms with E-state index in [0.717, 1.165) is 0 Å². The summed E-state index contributed by atoms with van der Waals surface area (Å²) in [6.45, 7) is 4.39. The van der Waals surface area contributed by atoms with Crippen LogP contribution < -0.4 is 5.90 Å². The van der Waals surface area contributed by atoms with Gasteiger partial charge >= 0.3 is 5.97 Å². The Morgan fingerprint density at radius 2 is 2.25 bits per heavy atom. The summed E-state index contributed by atoms with van der Waals surface area (Å²) in [5.41, 5.74) is 0. The fraction of sp³-hybridized carbons (Fsp3) is 0.857. The minimum Gasteiger partial charge on any atom is -0.458 e. The first-order valence-corrected chi connectivity index (χ1v) is 3.79. The fourth-order valence-electron chi connectivity index (χ4n) is 0.644. The van der Waals surface area contributed by atoms with Crippen LogP contribution in [0, 0.1) is 0 Å². The number of nitrogens with two attached hydrogens (primary N) is 1. The van der Waals surface area contributed by atoms with Crippen molar-refractivity contribution in [3.05, 3.63) is 0 Å². The summed E-state index contributed by atoms with van der Waals surface area (Å²) in [6, 6.07) is 0. The van der Waals surface area contributed by atoms with Gasteiger partial charge in [-0.2, -0.15) is 0 Å². The first-order valence-electron chi connectivity index (χ1n) is 3.79. The maximum absolute atomic E-state index is 10.7. The second kappa shape index (κ2) is 7.02. The summed E-state index contributed by atoms with van der Waals surface area (Å²) < 4.78 is 9.85. The molecule has 5 nitrogen and oxygen atoms in total. The molecule has 72 valence electrons. The minimum absolute atomic E-state index is 0.226. The van der Waals surface area contributed by atoms with Crippen LogP contribution in [0.2, 0.25) is 0 Å². The lowest BCUT2D eigenvalue weighted by molar-refractivity contribution is -0.156. The molecule has 0 saturated heterocycles. The van der Waals surface area contributed by atoms with Crippen LogP contribution in [0.4, 0.5) is 0 Å². The second-order valence-electron chi connectivity index (χ2n) is 2.27. The van der Waals surface area contributed by atoms with Gasteiger partial charge in [-0.3, -0.25) is 4.84 Å². The molecule has 0 rings (SSSR count). The van der Waals surface area contributed by atoms with Gasteiger partial charge in [-0.15, -0.1) is 0 Å². The lowest BCUT2D eigenvalue weighted by Crippen LogP contribution is -2.24. The average molecular weight is 177 g/mol. The molecule has 0 aliphatic heterocycles. The Labute approximate surface area is 71.7 Å². The van der Waals surface area contributed by atoms with Gasteiger partial charge in [-0.1, -0.05) is 0 Å². The summed E-state index contributed by atoms with van der Waals surface area (Å²) >= 11 is 0. The molecule has 0 amide bonds. The number of carbonyl (C=O) groups is 1. The van der Waals surface area contributed by atoms with Gasteiger partial charge in [-0.05, 0) is 13.8 Å². The third-order valence-corrected chi connectivity index (χ3v) is 1.09. The molecule has 0 aromatic heterocycles. The van der Waals surface area contributed by atoms with Crippen LogP contribution in [0.1, 0.15) is 13.8 Å². The van der Waals surface area contributed by atoms with E-state index in [1.165, 1.54) is 0 Å². The van der Waals surface area contributed by atoms with Crippen molar-refractivity contribution in [2.75, 3.05) is 19.8 Å². The summed E-state index contributed by atoms with van der Waals surface area (Å²) in [5.74, 6) is 4.19. The summed E-state index contributed by atoms with van der Waals surface area (Å²) in [7, 11) is 0. The van der Waals surface area contributed by atoms with E-state index in [2.05, 4.69) is 10.7 Å². The van der Waals surface area contributed by atoms with Crippen molar-refractivity contribution in [2.45, 2.75) is 20.0 Å². The Balaban J connectivity index is 3.40. The smallest absolute Gasteiger partial charge is 0.334 e. The highest BCUT2D eigenvalue weighted by Gasteiger charge is 2.08. The molecular formula is C7H15NO4. The van der Waals surface area contributed by atoms with Gasteiger partial charge in [0.25, 0.3) is 0 Å². The molecule has 1 unspecified atom stereocenters. The molecule has 0 bridgehead atoms. The van der Waals surface area contributed by atoms with Crippen molar-refractivity contribution in [1.82, 2.24) is 0 Å². The normalized spacial score (nSPS) is 12.6. The molecule has 0 spiro atoms. The number of hydrogen-bond acceptors (Lipinski definition) is 5. The first-order chi connectivity index (χ1) is 5.70. The Morgan fingerprint density at radius 3 is 2.75 bits per heavy atom. The summed E-state index contributed by atoms with van der Waals surface area (Å²) in [5, 5.41) is 0. The first kappa shape index (κ1) is 11.4. The lowest BCUT2D eigenvalue weighted by atomic mass is 10.4. The molecule has 0 aromatic rings. The quantitative estimate of drug-likeness (QED) is 0.451. The van der Waals surface area contributed by atoms with Crippen molar-refractivity contribution >= 4 is 5.97 Å². The largest absolute Gasteiger partial charge is 0.458 e. The Hall–Kier alpha value is -0.650. The molecule has 12 heavy (non-hydrogen) atoms. The molecule has 1 atom stereocenters. The molecule has 0 aromatic carbocycles. The number of rotatable bonds is 6. The fourth-order valence-corrected chi connectivity index (χ4v) is 0.644. The molecule has 2 N–H and O–H groups in total. The monoisotopic (exact) mass is 177 g/mol. The maximum atomic E-state index is 10.7. The summed E-state index contributed by atoms with van der Waals surface area (Å²) in [4.78, 5) is 14.8. The highest BCUT2D eigenvalue weighted by molar-refractivity contribution is 5.70. The zero-order valence-corrected chi connectivity index (χ0v) is 7.41. The van der Waals surface area contributed by atoms with E-state index in [1.54, 1.807) is 6.92 Å². The van der Waals surface area contributed by atoms with E-state index >= 15 is 0 Å². The van der Waals surface area contributed by atoms with E-state index in [0.29, 0.717) is 13.2 Å². The van der Waals surface area contributed by atoms with Crippen molar-refractivity contribution < 1.29 is 19.1 Å². The van der Waals surface area contributed by atoms with Gasteiger partial charge in [-0.25, -0.2) is 10.7 Å². The van der Waals surface area contributed by atoms with E-state index < -0.39 is 5.97 Å². The highest BCUT2D eigenvalue weighted by atomic mass is 16.6. The molecule has 0 aliphatic rings. The number of ether oxygens (including phenoxy) is 2. The van der Waals surface area contributed by atoms with Crippen molar-refractivity contribution in [1.29, 1.82) is 0 Å². The van der Waals surface area contributed by atoms with E-state index in [-0.39, 0.29) is 12.7 Å². The van der Waals surface area contributed by atoms with Crippen LogP contribution in [0.3, 0.4) is 0 Å². The molecule has 0 saturated carbocycles. The van der Waals surface area contributed by atoms with Crippen LogP contribution in [0.15, 0.2) is 0 Å². The zero-order chi connectivity index (χ0) is 9.40. The molecule has 0 aliphatic carbocycles. The van der Waals surface area contributed by atoms with Crippen molar-refractivity contribution in [2.24, 2.45) is 5.90 Å². The predicted octanol–water partition coefficient (Wildman–Crippen LogP) is -0.155. The van der Waals surface area contributed by atoms with Crippen LogP contribution in [0.25, 0.3) is 0 Å². The third kappa shape index (κ3) is 6.09. The average Bonchev–Trinajstić information content (AvgIpc) is 2.01.